The van der Waals surface area contributed by atoms with Gasteiger partial charge < -0.3 is 4.57 Å². The summed E-state index contributed by atoms with van der Waals surface area (Å²) in [5, 5.41) is 0. The molecule has 0 atom stereocenters. The third-order valence-corrected chi connectivity index (χ3v) is 4.16. The Balaban J connectivity index is 1.90. The van der Waals surface area contributed by atoms with E-state index in [1.54, 1.807) is 0 Å². The van der Waals surface area contributed by atoms with E-state index in [1.165, 1.54) is 49.2 Å². The number of unbranched alkanes of at least 4 members (excludes halogenated alkanes) is 2. The minimum atomic E-state index is 1.09. The van der Waals surface area contributed by atoms with E-state index >= 15 is 0 Å². The van der Waals surface area contributed by atoms with E-state index in [1.807, 2.05) is 0 Å². The molecule has 0 aliphatic carbocycles. The number of nitrogens with zero attached hydrogens (tertiary/aromatic N) is 2. The van der Waals surface area contributed by atoms with E-state index in [0.29, 0.717) is 0 Å². The second-order valence-electron chi connectivity index (χ2n) is 6.14. The van der Waals surface area contributed by atoms with Crippen LogP contribution in [0, 0.1) is 0 Å². The lowest BCUT2D eigenvalue weighted by atomic mass is 10.1. The van der Waals surface area contributed by atoms with Gasteiger partial charge in [0.25, 0.3) is 0 Å². The number of hydrogen-bond acceptors (Lipinski definition) is 1. The average molecular weight is 298 g/mol. The van der Waals surface area contributed by atoms with Crippen LogP contribution in [0.5, 0.6) is 0 Å². The summed E-state index contributed by atoms with van der Waals surface area (Å²) >= 11 is 0. The summed E-state index contributed by atoms with van der Waals surface area (Å²) in [4.78, 5) is 4.89. The number of benzene rings is 1. The van der Waals surface area contributed by atoms with Crippen molar-refractivity contribution < 1.29 is 0 Å². The van der Waals surface area contributed by atoms with E-state index in [-0.39, 0.29) is 0 Å². The summed E-state index contributed by atoms with van der Waals surface area (Å²) in [6.45, 7) is 5.63. The van der Waals surface area contributed by atoms with E-state index < -0.39 is 0 Å². The van der Waals surface area contributed by atoms with Gasteiger partial charge in [0.1, 0.15) is 5.82 Å². The van der Waals surface area contributed by atoms with Crippen molar-refractivity contribution in [2.45, 2.75) is 71.8 Å². The molecule has 0 radical (unpaired) electrons. The van der Waals surface area contributed by atoms with Crippen LogP contribution < -0.4 is 0 Å². The Labute approximate surface area is 135 Å². The van der Waals surface area contributed by atoms with Crippen LogP contribution in [0.1, 0.15) is 63.0 Å². The highest BCUT2D eigenvalue weighted by molar-refractivity contribution is 5.15. The van der Waals surface area contributed by atoms with Crippen LogP contribution in [0.2, 0.25) is 0 Å². The highest BCUT2D eigenvalue weighted by atomic mass is 15.1. The zero-order chi connectivity index (χ0) is 15.6. The molecule has 0 saturated heterocycles. The van der Waals surface area contributed by atoms with Gasteiger partial charge in [0.15, 0.2) is 0 Å². The lowest BCUT2D eigenvalue weighted by Crippen LogP contribution is -2.02. The molecular weight excluding hydrogens is 268 g/mol. The molecule has 2 heteroatoms. The van der Waals surface area contributed by atoms with Crippen molar-refractivity contribution in [3.63, 3.8) is 0 Å². The van der Waals surface area contributed by atoms with Gasteiger partial charge in [0.2, 0.25) is 0 Å². The SMILES string of the molecule is CCCCc1nc(CCCc2ccccc2)cn1CCCC. The van der Waals surface area contributed by atoms with Crippen LogP contribution in [0.4, 0.5) is 0 Å². The van der Waals surface area contributed by atoms with Gasteiger partial charge >= 0.3 is 0 Å². The van der Waals surface area contributed by atoms with Crippen molar-refractivity contribution in [1.29, 1.82) is 0 Å². The maximum absolute atomic E-state index is 4.89. The van der Waals surface area contributed by atoms with Crippen molar-refractivity contribution in [2.24, 2.45) is 0 Å². The second-order valence-corrected chi connectivity index (χ2v) is 6.14. The number of aryl methyl sites for hydroxylation is 4. The Kier molecular flexibility index (Phi) is 7.21. The first-order chi connectivity index (χ1) is 10.8. The van der Waals surface area contributed by atoms with Gasteiger partial charge in [-0.25, -0.2) is 4.98 Å². The third-order valence-electron chi connectivity index (χ3n) is 4.16. The fourth-order valence-corrected chi connectivity index (χ4v) is 2.81. The normalized spacial score (nSPS) is 11.0. The molecule has 1 aromatic heterocycles. The Morgan fingerprint density at radius 3 is 2.36 bits per heavy atom. The van der Waals surface area contributed by atoms with E-state index in [0.717, 1.165) is 25.8 Å². The van der Waals surface area contributed by atoms with Crippen molar-refractivity contribution in [1.82, 2.24) is 9.55 Å². The van der Waals surface area contributed by atoms with Gasteiger partial charge in [0.05, 0.1) is 5.69 Å². The lowest BCUT2D eigenvalue weighted by molar-refractivity contribution is 0.591. The first-order valence-electron chi connectivity index (χ1n) is 8.92. The van der Waals surface area contributed by atoms with Crippen molar-refractivity contribution >= 4 is 0 Å². The number of rotatable bonds is 10. The van der Waals surface area contributed by atoms with Gasteiger partial charge in [-0.2, -0.15) is 0 Å². The summed E-state index contributed by atoms with van der Waals surface area (Å²) in [6.07, 6.45) is 11.8. The minimum absolute atomic E-state index is 1.09. The van der Waals surface area contributed by atoms with Gasteiger partial charge in [0, 0.05) is 19.2 Å². The van der Waals surface area contributed by atoms with Crippen LogP contribution >= 0.6 is 0 Å². The van der Waals surface area contributed by atoms with E-state index in [4.69, 9.17) is 4.98 Å². The molecule has 0 aliphatic heterocycles. The van der Waals surface area contributed by atoms with Crippen LogP contribution in [0.3, 0.4) is 0 Å². The molecule has 2 nitrogen and oxygen atoms in total. The van der Waals surface area contributed by atoms with Gasteiger partial charge in [-0.1, -0.05) is 57.0 Å². The van der Waals surface area contributed by atoms with Crippen molar-refractivity contribution in [2.75, 3.05) is 0 Å². The molecule has 1 heterocycles. The molecule has 0 spiro atoms. The molecule has 0 bridgehead atoms. The molecule has 2 aromatic rings. The molecule has 1 aromatic carbocycles. The maximum Gasteiger partial charge on any atom is 0.108 e. The summed E-state index contributed by atoms with van der Waals surface area (Å²) in [5.41, 5.74) is 2.71. The molecular formula is C20H30N2. The smallest absolute Gasteiger partial charge is 0.108 e. The zero-order valence-corrected chi connectivity index (χ0v) is 14.2. The number of aromatic nitrogens is 2. The first-order valence-corrected chi connectivity index (χ1v) is 8.92. The number of imidazole rings is 1. The fraction of sp³-hybridized carbons (Fsp3) is 0.550. The fourth-order valence-electron chi connectivity index (χ4n) is 2.81. The summed E-state index contributed by atoms with van der Waals surface area (Å²) in [6, 6.07) is 10.8. The van der Waals surface area contributed by atoms with Crippen molar-refractivity contribution in [3.8, 4) is 0 Å². The van der Waals surface area contributed by atoms with Crippen LogP contribution in [0.25, 0.3) is 0 Å². The minimum Gasteiger partial charge on any atom is -0.335 e. The predicted octanol–water partition coefficient (Wildman–Crippen LogP) is 5.20. The standard InChI is InChI=1S/C20H30N2/c1-3-5-15-20-21-19(17-22(20)16-6-4-2)14-10-13-18-11-8-7-9-12-18/h7-9,11-12,17H,3-6,10,13-16H2,1-2H3. The molecule has 0 unspecified atom stereocenters. The quantitative estimate of drug-likeness (QED) is 0.589. The Morgan fingerprint density at radius 2 is 1.64 bits per heavy atom. The van der Waals surface area contributed by atoms with Crippen LogP contribution in [-0.4, -0.2) is 9.55 Å². The van der Waals surface area contributed by atoms with Gasteiger partial charge in [-0.05, 0) is 37.7 Å². The second kappa shape index (κ2) is 9.45. The molecule has 0 N–H and O–H groups in total. The topological polar surface area (TPSA) is 17.8 Å². The monoisotopic (exact) mass is 298 g/mol. The predicted molar refractivity (Wildman–Crippen MR) is 94.2 cm³/mol. The largest absolute Gasteiger partial charge is 0.335 e. The average Bonchev–Trinajstić information content (AvgIpc) is 2.94. The molecule has 2 rings (SSSR count). The summed E-state index contributed by atoms with van der Waals surface area (Å²) in [7, 11) is 0. The Bertz CT molecular complexity index is 502. The van der Waals surface area contributed by atoms with Gasteiger partial charge in [-0.3, -0.25) is 0 Å². The summed E-state index contributed by atoms with van der Waals surface area (Å²) < 4.78 is 2.40. The highest BCUT2D eigenvalue weighted by Crippen LogP contribution is 2.12. The molecule has 0 fully saturated rings. The first kappa shape index (κ1) is 16.8. The molecule has 0 amide bonds. The Hall–Kier alpha value is -1.57. The molecule has 120 valence electrons. The lowest BCUT2D eigenvalue weighted by Gasteiger charge is -2.05. The van der Waals surface area contributed by atoms with E-state index in [9.17, 15) is 0 Å². The summed E-state index contributed by atoms with van der Waals surface area (Å²) in [5.74, 6) is 1.30. The third kappa shape index (κ3) is 5.32. The van der Waals surface area contributed by atoms with Crippen LogP contribution in [0.15, 0.2) is 36.5 Å². The Morgan fingerprint density at radius 1 is 0.864 bits per heavy atom. The maximum atomic E-state index is 4.89. The van der Waals surface area contributed by atoms with Crippen LogP contribution in [-0.2, 0) is 25.8 Å². The molecule has 0 aliphatic rings. The van der Waals surface area contributed by atoms with E-state index in [2.05, 4.69) is 54.9 Å². The van der Waals surface area contributed by atoms with Crippen molar-refractivity contribution in [3.05, 3.63) is 53.6 Å². The molecule has 0 saturated carbocycles. The highest BCUT2D eigenvalue weighted by Gasteiger charge is 2.07. The number of hydrogen-bond donors (Lipinski definition) is 0. The van der Waals surface area contributed by atoms with Gasteiger partial charge in [-0.15, -0.1) is 0 Å². The zero-order valence-electron chi connectivity index (χ0n) is 14.2. The molecule has 22 heavy (non-hydrogen) atoms.